The van der Waals surface area contributed by atoms with Gasteiger partial charge in [-0.2, -0.15) is 0 Å². The SMILES string of the molecule is Cc1ccc([N+](=O)[O-])cc1N(CCC(C)C)CC(C)C(=O)O. The fourth-order valence-electron chi connectivity index (χ4n) is 2.18. The highest BCUT2D eigenvalue weighted by Crippen LogP contribution is 2.27. The van der Waals surface area contributed by atoms with E-state index in [-0.39, 0.29) is 5.69 Å². The number of anilines is 1. The van der Waals surface area contributed by atoms with E-state index < -0.39 is 16.8 Å². The number of carboxylic acid groups (broad SMARTS) is 1. The van der Waals surface area contributed by atoms with Gasteiger partial charge in [0.25, 0.3) is 5.69 Å². The molecule has 0 radical (unpaired) electrons. The monoisotopic (exact) mass is 308 g/mol. The molecule has 0 saturated carbocycles. The minimum atomic E-state index is -0.863. The van der Waals surface area contributed by atoms with Crippen molar-refractivity contribution in [1.29, 1.82) is 0 Å². The highest BCUT2D eigenvalue weighted by atomic mass is 16.6. The molecule has 122 valence electrons. The van der Waals surface area contributed by atoms with E-state index in [1.165, 1.54) is 12.1 Å². The Labute approximate surface area is 130 Å². The second-order valence-corrected chi connectivity index (χ2v) is 6.10. The molecular weight excluding hydrogens is 284 g/mol. The average molecular weight is 308 g/mol. The first-order valence-electron chi connectivity index (χ1n) is 7.45. The molecule has 0 aromatic heterocycles. The zero-order valence-corrected chi connectivity index (χ0v) is 13.6. The second-order valence-electron chi connectivity index (χ2n) is 6.10. The van der Waals surface area contributed by atoms with E-state index in [0.29, 0.717) is 19.0 Å². The highest BCUT2D eigenvalue weighted by Gasteiger charge is 2.20. The molecule has 0 saturated heterocycles. The van der Waals surface area contributed by atoms with Crippen molar-refractivity contribution in [2.45, 2.75) is 34.1 Å². The van der Waals surface area contributed by atoms with E-state index in [0.717, 1.165) is 17.7 Å². The molecule has 1 rings (SSSR count). The van der Waals surface area contributed by atoms with Crippen LogP contribution in [-0.2, 0) is 4.79 Å². The predicted octanol–water partition coefficient (Wildman–Crippen LogP) is 3.48. The molecule has 1 atom stereocenters. The van der Waals surface area contributed by atoms with Crippen LogP contribution in [0.2, 0.25) is 0 Å². The number of hydrogen-bond donors (Lipinski definition) is 1. The van der Waals surface area contributed by atoms with Gasteiger partial charge in [0, 0.05) is 30.9 Å². The molecule has 1 unspecified atom stereocenters. The van der Waals surface area contributed by atoms with Crippen molar-refractivity contribution in [3.8, 4) is 0 Å². The summed E-state index contributed by atoms with van der Waals surface area (Å²) in [4.78, 5) is 23.6. The number of nitro groups is 1. The molecule has 22 heavy (non-hydrogen) atoms. The Kier molecular flexibility index (Phi) is 6.34. The van der Waals surface area contributed by atoms with E-state index in [4.69, 9.17) is 5.11 Å². The minimum absolute atomic E-state index is 0.0260. The fourth-order valence-corrected chi connectivity index (χ4v) is 2.18. The van der Waals surface area contributed by atoms with Crippen molar-refractivity contribution in [3.63, 3.8) is 0 Å². The van der Waals surface area contributed by atoms with E-state index in [1.807, 2.05) is 11.8 Å². The Morgan fingerprint density at radius 1 is 1.36 bits per heavy atom. The van der Waals surface area contributed by atoms with Gasteiger partial charge in [-0.15, -0.1) is 0 Å². The molecule has 0 aliphatic rings. The summed E-state index contributed by atoms with van der Waals surface area (Å²) in [5, 5.41) is 20.1. The first kappa shape index (κ1) is 17.9. The zero-order valence-electron chi connectivity index (χ0n) is 13.6. The first-order chi connectivity index (χ1) is 10.2. The number of carbonyl (C=O) groups is 1. The lowest BCUT2D eigenvalue weighted by molar-refractivity contribution is -0.384. The number of carboxylic acids is 1. The molecule has 1 aromatic carbocycles. The smallest absolute Gasteiger partial charge is 0.308 e. The summed E-state index contributed by atoms with van der Waals surface area (Å²) in [6, 6.07) is 4.71. The molecule has 0 spiro atoms. The van der Waals surface area contributed by atoms with Crippen LogP contribution in [-0.4, -0.2) is 29.1 Å². The molecule has 1 N–H and O–H groups in total. The Bertz CT molecular complexity index is 543. The van der Waals surface area contributed by atoms with Gasteiger partial charge in [-0.25, -0.2) is 0 Å². The number of benzene rings is 1. The first-order valence-corrected chi connectivity index (χ1v) is 7.45. The number of nitrogens with zero attached hydrogens (tertiary/aromatic N) is 2. The molecular formula is C16H24N2O4. The highest BCUT2D eigenvalue weighted by molar-refractivity contribution is 5.71. The van der Waals surface area contributed by atoms with Crippen LogP contribution in [0.15, 0.2) is 18.2 Å². The molecule has 6 heteroatoms. The predicted molar refractivity (Wildman–Crippen MR) is 86.3 cm³/mol. The molecule has 0 heterocycles. The van der Waals surface area contributed by atoms with Crippen LogP contribution in [0.5, 0.6) is 0 Å². The van der Waals surface area contributed by atoms with Crippen LogP contribution < -0.4 is 4.90 Å². The molecule has 1 aromatic rings. The number of aryl methyl sites for hydroxylation is 1. The van der Waals surface area contributed by atoms with Crippen molar-refractivity contribution >= 4 is 17.3 Å². The molecule has 0 fully saturated rings. The van der Waals surface area contributed by atoms with E-state index in [1.54, 1.807) is 13.0 Å². The van der Waals surface area contributed by atoms with Crippen molar-refractivity contribution in [3.05, 3.63) is 33.9 Å². The summed E-state index contributed by atoms with van der Waals surface area (Å²) in [5.41, 5.74) is 1.67. The lowest BCUT2D eigenvalue weighted by atomic mass is 10.1. The Morgan fingerprint density at radius 2 is 2.00 bits per heavy atom. The molecule has 6 nitrogen and oxygen atoms in total. The molecule has 0 aliphatic carbocycles. The summed E-state index contributed by atoms with van der Waals surface area (Å²) in [6.45, 7) is 8.74. The van der Waals surface area contributed by atoms with Crippen molar-refractivity contribution in [2.75, 3.05) is 18.0 Å². The fraction of sp³-hybridized carbons (Fsp3) is 0.562. The van der Waals surface area contributed by atoms with Crippen LogP contribution in [0.3, 0.4) is 0 Å². The summed E-state index contributed by atoms with van der Waals surface area (Å²) < 4.78 is 0. The number of non-ortho nitro benzene ring substituents is 1. The third kappa shape index (κ3) is 5.02. The van der Waals surface area contributed by atoms with Crippen molar-refractivity contribution < 1.29 is 14.8 Å². The second kappa shape index (κ2) is 7.77. The molecule has 0 bridgehead atoms. The van der Waals surface area contributed by atoms with Crippen LogP contribution >= 0.6 is 0 Å². The van der Waals surface area contributed by atoms with Crippen LogP contribution in [0, 0.1) is 28.9 Å². The topological polar surface area (TPSA) is 83.7 Å². The van der Waals surface area contributed by atoms with Gasteiger partial charge in [0.2, 0.25) is 0 Å². The van der Waals surface area contributed by atoms with Gasteiger partial charge in [0.15, 0.2) is 0 Å². The molecule has 0 amide bonds. The third-order valence-corrected chi connectivity index (χ3v) is 3.64. The summed E-state index contributed by atoms with van der Waals surface area (Å²) >= 11 is 0. The Morgan fingerprint density at radius 3 is 2.50 bits per heavy atom. The van der Waals surface area contributed by atoms with Gasteiger partial charge < -0.3 is 10.0 Å². The number of hydrogen-bond acceptors (Lipinski definition) is 4. The zero-order chi connectivity index (χ0) is 16.9. The summed E-state index contributed by atoms with van der Waals surface area (Å²) in [5.74, 6) is -0.926. The van der Waals surface area contributed by atoms with E-state index >= 15 is 0 Å². The quantitative estimate of drug-likeness (QED) is 0.587. The van der Waals surface area contributed by atoms with Crippen LogP contribution in [0.1, 0.15) is 32.8 Å². The van der Waals surface area contributed by atoms with Gasteiger partial charge in [-0.3, -0.25) is 14.9 Å². The number of rotatable bonds is 8. The van der Waals surface area contributed by atoms with Gasteiger partial charge in [0.05, 0.1) is 10.8 Å². The van der Waals surface area contributed by atoms with Gasteiger partial charge >= 0.3 is 5.97 Å². The lowest BCUT2D eigenvalue weighted by Gasteiger charge is -2.28. The minimum Gasteiger partial charge on any atom is -0.481 e. The van der Waals surface area contributed by atoms with Gasteiger partial charge in [-0.05, 0) is 24.8 Å². The third-order valence-electron chi connectivity index (χ3n) is 3.64. The standard InChI is InChI=1S/C16H24N2O4/c1-11(2)7-8-17(10-13(4)16(19)20)15-9-14(18(21)22)6-5-12(15)3/h5-6,9,11,13H,7-8,10H2,1-4H3,(H,19,20). The normalized spacial score (nSPS) is 12.2. The number of aliphatic carboxylic acids is 1. The van der Waals surface area contributed by atoms with E-state index in [9.17, 15) is 14.9 Å². The van der Waals surface area contributed by atoms with Crippen LogP contribution in [0.4, 0.5) is 11.4 Å². The van der Waals surface area contributed by atoms with E-state index in [2.05, 4.69) is 13.8 Å². The largest absolute Gasteiger partial charge is 0.481 e. The Balaban J connectivity index is 3.10. The van der Waals surface area contributed by atoms with Gasteiger partial charge in [0.1, 0.15) is 0 Å². The maximum Gasteiger partial charge on any atom is 0.308 e. The maximum atomic E-state index is 11.1. The van der Waals surface area contributed by atoms with Crippen molar-refractivity contribution in [1.82, 2.24) is 0 Å². The average Bonchev–Trinajstić information content (AvgIpc) is 2.43. The van der Waals surface area contributed by atoms with Crippen LogP contribution in [0.25, 0.3) is 0 Å². The van der Waals surface area contributed by atoms with Crippen molar-refractivity contribution in [2.24, 2.45) is 11.8 Å². The number of nitro benzene ring substituents is 1. The van der Waals surface area contributed by atoms with Gasteiger partial charge in [-0.1, -0.05) is 26.8 Å². The summed E-state index contributed by atoms with van der Waals surface area (Å²) in [7, 11) is 0. The Hall–Kier alpha value is -2.11. The summed E-state index contributed by atoms with van der Waals surface area (Å²) in [6.07, 6.45) is 0.897. The molecule has 0 aliphatic heterocycles. The lowest BCUT2D eigenvalue weighted by Crippen LogP contribution is -2.33. The maximum absolute atomic E-state index is 11.1.